The Kier molecular flexibility index (Phi) is 12.4. The topological polar surface area (TPSA) is 25.4 Å². The number of aryl methyl sites for hydroxylation is 2. The Morgan fingerprint density at radius 1 is 0.781 bits per heavy atom. The summed E-state index contributed by atoms with van der Waals surface area (Å²) in [7, 11) is 1.79. The van der Waals surface area contributed by atoms with Crippen LogP contribution in [0.15, 0.2) is 30.5 Å². The Morgan fingerprint density at radius 2 is 1.38 bits per heavy atom. The Morgan fingerprint density at radius 3 is 1.88 bits per heavy atom. The summed E-state index contributed by atoms with van der Waals surface area (Å²) in [6, 6.07) is 8.78. The van der Waals surface area contributed by atoms with Gasteiger partial charge in [-0.25, -0.2) is 0 Å². The highest BCUT2D eigenvalue weighted by molar-refractivity contribution is 5.69. The smallest absolute Gasteiger partial charge is 0.127 e. The molecule has 32 heavy (non-hydrogen) atoms. The molecular formula is C29H46N2O. The van der Waals surface area contributed by atoms with Crippen LogP contribution in [-0.2, 0) is 19.4 Å². The summed E-state index contributed by atoms with van der Waals surface area (Å²) in [6.45, 7) is 12.2. The van der Waals surface area contributed by atoms with Gasteiger partial charge in [0.05, 0.1) is 12.8 Å². The monoisotopic (exact) mass is 438 g/mol. The molecular weight excluding hydrogens is 392 g/mol. The lowest BCUT2D eigenvalue weighted by molar-refractivity contribution is 0.248. The van der Waals surface area contributed by atoms with Crippen LogP contribution < -0.4 is 4.74 Å². The van der Waals surface area contributed by atoms with E-state index in [4.69, 9.17) is 9.72 Å². The first-order valence-electron chi connectivity index (χ1n) is 13.0. The first-order chi connectivity index (χ1) is 15.7. The molecule has 0 amide bonds. The molecule has 0 saturated heterocycles. The van der Waals surface area contributed by atoms with Crippen LogP contribution in [0.4, 0.5) is 0 Å². The van der Waals surface area contributed by atoms with Gasteiger partial charge in [0.15, 0.2) is 0 Å². The Labute approximate surface area is 197 Å². The van der Waals surface area contributed by atoms with Crippen molar-refractivity contribution in [3.8, 4) is 17.0 Å². The molecule has 0 aliphatic heterocycles. The maximum absolute atomic E-state index is 5.87. The number of ether oxygens (including phenoxy) is 1. The highest BCUT2D eigenvalue weighted by Crippen LogP contribution is 2.31. The van der Waals surface area contributed by atoms with Gasteiger partial charge in [0.2, 0.25) is 0 Å². The lowest BCUT2D eigenvalue weighted by Gasteiger charge is -2.24. The highest BCUT2D eigenvalue weighted by Gasteiger charge is 2.15. The SMILES string of the molecule is CCCCCCN(CCCCCC)Cc1cnc(-c2c(CC)cccc2CC)cc1OC. The number of unbranched alkanes of at least 4 members (excludes halogenated alkanes) is 6. The van der Waals surface area contributed by atoms with Crippen LogP contribution in [-0.4, -0.2) is 30.1 Å². The van der Waals surface area contributed by atoms with E-state index in [1.165, 1.54) is 73.6 Å². The van der Waals surface area contributed by atoms with E-state index in [1.54, 1.807) is 7.11 Å². The molecule has 1 aromatic carbocycles. The predicted molar refractivity (Wildman–Crippen MR) is 139 cm³/mol. The van der Waals surface area contributed by atoms with Crippen molar-refractivity contribution in [1.29, 1.82) is 0 Å². The van der Waals surface area contributed by atoms with Crippen molar-refractivity contribution in [3.05, 3.63) is 47.2 Å². The number of methoxy groups -OCH3 is 1. The summed E-state index contributed by atoms with van der Waals surface area (Å²) in [4.78, 5) is 7.55. The number of benzene rings is 1. The molecule has 0 radical (unpaired) electrons. The van der Waals surface area contributed by atoms with Gasteiger partial charge in [0, 0.05) is 29.9 Å². The summed E-state index contributed by atoms with van der Waals surface area (Å²) < 4.78 is 5.87. The Bertz CT molecular complexity index is 752. The molecule has 2 rings (SSSR count). The third-order valence-corrected chi connectivity index (χ3v) is 6.47. The second-order valence-corrected chi connectivity index (χ2v) is 8.94. The van der Waals surface area contributed by atoms with E-state index in [0.29, 0.717) is 0 Å². The van der Waals surface area contributed by atoms with Crippen molar-refractivity contribution in [1.82, 2.24) is 9.88 Å². The van der Waals surface area contributed by atoms with E-state index in [2.05, 4.69) is 63.1 Å². The largest absolute Gasteiger partial charge is 0.496 e. The minimum atomic E-state index is 0.921. The maximum atomic E-state index is 5.87. The third-order valence-electron chi connectivity index (χ3n) is 6.47. The molecule has 0 fully saturated rings. The van der Waals surface area contributed by atoms with Gasteiger partial charge in [0.25, 0.3) is 0 Å². The fourth-order valence-electron chi connectivity index (χ4n) is 4.52. The average molecular weight is 439 g/mol. The summed E-state index contributed by atoms with van der Waals surface area (Å²) in [5, 5.41) is 0. The van der Waals surface area contributed by atoms with Crippen LogP contribution in [0.2, 0.25) is 0 Å². The van der Waals surface area contributed by atoms with Gasteiger partial charge in [-0.15, -0.1) is 0 Å². The Hall–Kier alpha value is -1.87. The molecule has 0 unspecified atom stereocenters. The van der Waals surface area contributed by atoms with Crippen LogP contribution in [0.5, 0.6) is 5.75 Å². The third kappa shape index (κ3) is 7.92. The maximum Gasteiger partial charge on any atom is 0.127 e. The van der Waals surface area contributed by atoms with Gasteiger partial charge in [-0.3, -0.25) is 9.88 Å². The molecule has 0 saturated carbocycles. The number of rotatable bonds is 16. The molecule has 0 atom stereocenters. The van der Waals surface area contributed by atoms with Crippen LogP contribution >= 0.6 is 0 Å². The van der Waals surface area contributed by atoms with E-state index in [0.717, 1.165) is 43.9 Å². The van der Waals surface area contributed by atoms with Gasteiger partial charge in [-0.05, 0) is 49.9 Å². The predicted octanol–water partition coefficient (Wildman–Crippen LogP) is 7.84. The molecule has 3 nitrogen and oxygen atoms in total. The number of nitrogens with zero attached hydrogens (tertiary/aromatic N) is 2. The number of hydrogen-bond donors (Lipinski definition) is 0. The van der Waals surface area contributed by atoms with Crippen LogP contribution in [0, 0.1) is 0 Å². The van der Waals surface area contributed by atoms with Gasteiger partial charge < -0.3 is 4.74 Å². The number of hydrogen-bond acceptors (Lipinski definition) is 3. The van der Waals surface area contributed by atoms with E-state index >= 15 is 0 Å². The lowest BCUT2D eigenvalue weighted by atomic mass is 9.94. The van der Waals surface area contributed by atoms with Crippen molar-refractivity contribution < 1.29 is 4.74 Å². The van der Waals surface area contributed by atoms with E-state index in [-0.39, 0.29) is 0 Å². The molecule has 0 spiro atoms. The highest BCUT2D eigenvalue weighted by atomic mass is 16.5. The molecule has 0 aliphatic rings. The van der Waals surface area contributed by atoms with Crippen molar-refractivity contribution in [2.24, 2.45) is 0 Å². The van der Waals surface area contributed by atoms with Gasteiger partial charge >= 0.3 is 0 Å². The standard InChI is InChI=1S/C29H46N2O/c1-6-10-12-14-19-31(20-15-13-11-7-2)23-26-22-30-27(21-28(26)32-5)29-24(8-3)17-16-18-25(29)9-4/h16-18,21-22H,6-15,19-20,23H2,1-5H3. The fourth-order valence-corrected chi connectivity index (χ4v) is 4.52. The van der Waals surface area contributed by atoms with Crippen LogP contribution in [0.25, 0.3) is 11.3 Å². The van der Waals surface area contributed by atoms with Gasteiger partial charge in [0.1, 0.15) is 5.75 Å². The van der Waals surface area contributed by atoms with E-state index < -0.39 is 0 Å². The minimum absolute atomic E-state index is 0.921. The number of aromatic nitrogens is 1. The van der Waals surface area contributed by atoms with Crippen molar-refractivity contribution in [3.63, 3.8) is 0 Å². The van der Waals surface area contributed by atoms with Crippen molar-refractivity contribution >= 4 is 0 Å². The van der Waals surface area contributed by atoms with E-state index in [1.807, 2.05) is 0 Å². The molecule has 0 aliphatic carbocycles. The molecule has 2 aromatic rings. The summed E-state index contributed by atoms with van der Waals surface area (Å²) in [5.74, 6) is 0.968. The zero-order chi connectivity index (χ0) is 23.2. The second kappa shape index (κ2) is 15.1. The number of pyridine rings is 1. The normalized spacial score (nSPS) is 11.3. The van der Waals surface area contributed by atoms with Gasteiger partial charge in [-0.2, -0.15) is 0 Å². The molecule has 0 bridgehead atoms. The summed E-state index contributed by atoms with van der Waals surface area (Å²) >= 11 is 0. The molecule has 0 N–H and O–H groups in total. The van der Waals surface area contributed by atoms with Crippen molar-refractivity contribution in [2.45, 2.75) is 98.4 Å². The lowest BCUT2D eigenvalue weighted by Crippen LogP contribution is -2.26. The Balaban J connectivity index is 2.22. The second-order valence-electron chi connectivity index (χ2n) is 8.94. The molecule has 178 valence electrons. The quantitative estimate of drug-likeness (QED) is 0.250. The molecule has 1 heterocycles. The molecule has 1 aromatic heterocycles. The van der Waals surface area contributed by atoms with Crippen LogP contribution in [0.3, 0.4) is 0 Å². The van der Waals surface area contributed by atoms with Crippen molar-refractivity contribution in [2.75, 3.05) is 20.2 Å². The van der Waals surface area contributed by atoms with Crippen LogP contribution in [0.1, 0.15) is 95.8 Å². The average Bonchev–Trinajstić information content (AvgIpc) is 2.83. The first kappa shape index (κ1) is 26.4. The zero-order valence-electron chi connectivity index (χ0n) is 21.4. The summed E-state index contributed by atoms with van der Waals surface area (Å²) in [5.41, 5.74) is 6.25. The van der Waals surface area contributed by atoms with Gasteiger partial charge in [-0.1, -0.05) is 84.4 Å². The fraction of sp³-hybridized carbons (Fsp3) is 0.621. The van der Waals surface area contributed by atoms with E-state index in [9.17, 15) is 0 Å². The minimum Gasteiger partial charge on any atom is -0.496 e. The molecule has 3 heteroatoms. The first-order valence-corrected chi connectivity index (χ1v) is 13.0. The summed E-state index contributed by atoms with van der Waals surface area (Å²) in [6.07, 6.45) is 14.5. The zero-order valence-corrected chi connectivity index (χ0v) is 21.4.